The van der Waals surface area contributed by atoms with Gasteiger partial charge in [0.15, 0.2) is 5.69 Å². The molecular formula is C18H18BrClN4. The van der Waals surface area contributed by atoms with Crippen LogP contribution in [0.25, 0.3) is 0 Å². The molecule has 1 aliphatic rings. The van der Waals surface area contributed by atoms with E-state index in [1.807, 2.05) is 12.1 Å². The van der Waals surface area contributed by atoms with E-state index in [0.717, 1.165) is 42.8 Å². The number of anilines is 1. The highest BCUT2D eigenvalue weighted by atomic mass is 79.9. The van der Waals surface area contributed by atoms with Gasteiger partial charge in [-0.2, -0.15) is 5.26 Å². The first-order chi connectivity index (χ1) is 11.6. The number of nitrogens with zero attached hydrogens (tertiary/aromatic N) is 3. The lowest BCUT2D eigenvalue weighted by Crippen LogP contribution is -2.38. The number of pyridine rings is 1. The molecule has 0 radical (unpaired) electrons. The van der Waals surface area contributed by atoms with Crippen LogP contribution in [0, 0.1) is 11.3 Å². The van der Waals surface area contributed by atoms with E-state index in [4.69, 9.17) is 16.9 Å². The van der Waals surface area contributed by atoms with E-state index in [1.54, 1.807) is 6.07 Å². The Labute approximate surface area is 155 Å². The van der Waals surface area contributed by atoms with Gasteiger partial charge in [0.1, 0.15) is 11.9 Å². The van der Waals surface area contributed by atoms with Gasteiger partial charge in [0.25, 0.3) is 0 Å². The normalized spacial score (nSPS) is 15.9. The predicted molar refractivity (Wildman–Crippen MR) is 100 cm³/mol. The maximum absolute atomic E-state index is 9.01. The van der Waals surface area contributed by atoms with Crippen LogP contribution in [0.3, 0.4) is 0 Å². The Morgan fingerprint density at radius 1 is 1.21 bits per heavy atom. The van der Waals surface area contributed by atoms with Gasteiger partial charge >= 0.3 is 0 Å². The van der Waals surface area contributed by atoms with Crippen LogP contribution in [0.2, 0.25) is 5.02 Å². The fourth-order valence-electron chi connectivity index (χ4n) is 2.89. The number of nitriles is 1. The van der Waals surface area contributed by atoms with E-state index in [9.17, 15) is 0 Å². The fraction of sp³-hybridized carbons (Fsp3) is 0.333. The van der Waals surface area contributed by atoms with E-state index < -0.39 is 0 Å². The second-order valence-corrected chi connectivity index (χ2v) is 7.28. The molecule has 124 valence electrons. The summed E-state index contributed by atoms with van der Waals surface area (Å²) in [4.78, 5) is 6.73. The molecular weight excluding hydrogens is 388 g/mol. The number of aromatic nitrogens is 1. The van der Waals surface area contributed by atoms with Gasteiger partial charge in [-0.25, -0.2) is 4.98 Å². The minimum Gasteiger partial charge on any atom is -0.367 e. The standard InChI is InChI=1S/C18H18BrClN4/c19-14-3-1-13(2-4-14)12-24-9-7-15(8-10-24)22-18-6-5-16(20)17(11-21)23-18/h1-6,15H,7-10,12H2,(H,22,23). The van der Waals surface area contributed by atoms with Gasteiger partial charge in [0, 0.05) is 30.1 Å². The highest BCUT2D eigenvalue weighted by molar-refractivity contribution is 9.10. The van der Waals surface area contributed by atoms with Gasteiger partial charge in [-0.05, 0) is 42.7 Å². The predicted octanol–water partition coefficient (Wildman–Crippen LogP) is 4.45. The Kier molecular flexibility index (Phi) is 5.72. The lowest BCUT2D eigenvalue weighted by atomic mass is 10.0. The molecule has 24 heavy (non-hydrogen) atoms. The van der Waals surface area contributed by atoms with Crippen molar-refractivity contribution in [1.29, 1.82) is 5.26 Å². The average molecular weight is 406 g/mol. The molecule has 0 unspecified atom stereocenters. The summed E-state index contributed by atoms with van der Waals surface area (Å²) in [7, 11) is 0. The van der Waals surface area contributed by atoms with E-state index in [0.29, 0.717) is 11.1 Å². The van der Waals surface area contributed by atoms with Crippen molar-refractivity contribution in [2.24, 2.45) is 0 Å². The lowest BCUT2D eigenvalue weighted by molar-refractivity contribution is 0.211. The molecule has 0 bridgehead atoms. The molecule has 3 rings (SSSR count). The number of benzene rings is 1. The smallest absolute Gasteiger partial charge is 0.161 e. The fourth-order valence-corrected chi connectivity index (χ4v) is 3.31. The Bertz CT molecular complexity index is 734. The maximum Gasteiger partial charge on any atom is 0.161 e. The zero-order valence-corrected chi connectivity index (χ0v) is 15.5. The number of nitrogens with one attached hydrogen (secondary N) is 1. The quantitative estimate of drug-likeness (QED) is 0.816. The Morgan fingerprint density at radius 3 is 2.58 bits per heavy atom. The summed E-state index contributed by atoms with van der Waals surface area (Å²) in [6, 6.07) is 14.4. The second-order valence-electron chi connectivity index (χ2n) is 5.96. The third-order valence-corrected chi connectivity index (χ3v) is 5.04. The Morgan fingerprint density at radius 2 is 1.92 bits per heavy atom. The van der Waals surface area contributed by atoms with Crippen LogP contribution in [-0.2, 0) is 6.54 Å². The largest absolute Gasteiger partial charge is 0.367 e. The average Bonchev–Trinajstić information content (AvgIpc) is 2.60. The molecule has 1 aromatic heterocycles. The highest BCUT2D eigenvalue weighted by Crippen LogP contribution is 2.20. The molecule has 0 aliphatic carbocycles. The SMILES string of the molecule is N#Cc1nc(NC2CCN(Cc3ccc(Br)cc3)CC2)ccc1Cl. The molecule has 2 heterocycles. The van der Waals surface area contributed by atoms with Gasteiger partial charge in [0.05, 0.1) is 5.02 Å². The summed E-state index contributed by atoms with van der Waals surface area (Å²) in [6.45, 7) is 3.08. The molecule has 4 nitrogen and oxygen atoms in total. The van der Waals surface area contributed by atoms with Gasteiger partial charge in [0.2, 0.25) is 0 Å². The van der Waals surface area contributed by atoms with Gasteiger partial charge in [-0.1, -0.05) is 39.7 Å². The zero-order chi connectivity index (χ0) is 16.9. The van der Waals surface area contributed by atoms with Crippen molar-refractivity contribution in [3.8, 4) is 6.07 Å². The molecule has 0 amide bonds. The molecule has 0 saturated carbocycles. The number of hydrogen-bond donors (Lipinski definition) is 1. The minimum absolute atomic E-state index is 0.273. The van der Waals surface area contributed by atoms with Gasteiger partial charge in [-0.3, -0.25) is 4.90 Å². The number of piperidine rings is 1. The van der Waals surface area contributed by atoms with Crippen molar-refractivity contribution in [2.75, 3.05) is 18.4 Å². The molecule has 0 atom stereocenters. The van der Waals surface area contributed by atoms with Crippen LogP contribution in [0.1, 0.15) is 24.1 Å². The molecule has 1 fully saturated rings. The third-order valence-electron chi connectivity index (χ3n) is 4.21. The van der Waals surface area contributed by atoms with Crippen molar-refractivity contribution in [2.45, 2.75) is 25.4 Å². The number of hydrogen-bond acceptors (Lipinski definition) is 4. The molecule has 6 heteroatoms. The van der Waals surface area contributed by atoms with Crippen molar-refractivity contribution in [3.63, 3.8) is 0 Å². The first-order valence-corrected chi connectivity index (χ1v) is 9.11. The van der Waals surface area contributed by atoms with Crippen molar-refractivity contribution >= 4 is 33.3 Å². The molecule has 1 aromatic carbocycles. The monoisotopic (exact) mass is 404 g/mol. The van der Waals surface area contributed by atoms with E-state index >= 15 is 0 Å². The highest BCUT2D eigenvalue weighted by Gasteiger charge is 2.19. The molecule has 1 aliphatic heterocycles. The number of halogens is 2. The van der Waals surface area contributed by atoms with Crippen LogP contribution >= 0.6 is 27.5 Å². The summed E-state index contributed by atoms with van der Waals surface area (Å²) < 4.78 is 1.11. The first-order valence-electron chi connectivity index (χ1n) is 7.94. The maximum atomic E-state index is 9.01. The summed E-state index contributed by atoms with van der Waals surface area (Å²) in [5, 5.41) is 12.8. The second kappa shape index (κ2) is 7.98. The van der Waals surface area contributed by atoms with Crippen LogP contribution in [0.15, 0.2) is 40.9 Å². The lowest BCUT2D eigenvalue weighted by Gasteiger charge is -2.32. The summed E-state index contributed by atoms with van der Waals surface area (Å²) in [5.41, 5.74) is 1.61. The first kappa shape index (κ1) is 17.2. The Hall–Kier alpha value is -1.61. The van der Waals surface area contributed by atoms with Crippen LogP contribution in [0.5, 0.6) is 0 Å². The minimum atomic E-state index is 0.273. The van der Waals surface area contributed by atoms with Crippen LogP contribution in [0.4, 0.5) is 5.82 Å². The van der Waals surface area contributed by atoms with Crippen LogP contribution < -0.4 is 5.32 Å². The molecule has 1 N–H and O–H groups in total. The molecule has 1 saturated heterocycles. The van der Waals surface area contributed by atoms with Gasteiger partial charge < -0.3 is 5.32 Å². The Balaban J connectivity index is 1.52. The van der Waals surface area contributed by atoms with Crippen LogP contribution in [-0.4, -0.2) is 29.0 Å². The number of rotatable bonds is 4. The van der Waals surface area contributed by atoms with E-state index in [2.05, 4.69) is 55.4 Å². The van der Waals surface area contributed by atoms with Crippen molar-refractivity contribution in [3.05, 3.63) is 57.2 Å². The zero-order valence-electron chi connectivity index (χ0n) is 13.2. The summed E-state index contributed by atoms with van der Waals surface area (Å²) in [6.07, 6.45) is 2.12. The summed E-state index contributed by atoms with van der Waals surface area (Å²) >= 11 is 9.39. The van der Waals surface area contributed by atoms with Gasteiger partial charge in [-0.15, -0.1) is 0 Å². The molecule has 0 spiro atoms. The van der Waals surface area contributed by atoms with E-state index in [1.165, 1.54) is 5.56 Å². The topological polar surface area (TPSA) is 52.0 Å². The van der Waals surface area contributed by atoms with Crippen molar-refractivity contribution < 1.29 is 0 Å². The third kappa shape index (κ3) is 4.47. The number of likely N-dealkylation sites (tertiary alicyclic amines) is 1. The summed E-state index contributed by atoms with van der Waals surface area (Å²) in [5.74, 6) is 0.724. The molecule has 2 aromatic rings. The van der Waals surface area contributed by atoms with E-state index in [-0.39, 0.29) is 5.69 Å². The van der Waals surface area contributed by atoms with Crippen molar-refractivity contribution in [1.82, 2.24) is 9.88 Å².